The first-order chi connectivity index (χ1) is 7.68. The summed E-state index contributed by atoms with van der Waals surface area (Å²) in [6, 6.07) is 0.516. The summed E-state index contributed by atoms with van der Waals surface area (Å²) < 4.78 is 5.30. The molecule has 1 saturated carbocycles. The summed E-state index contributed by atoms with van der Waals surface area (Å²) in [6.07, 6.45) is 4.96. The lowest BCUT2D eigenvalue weighted by atomic mass is 9.99. The van der Waals surface area contributed by atoms with Gasteiger partial charge in [-0.05, 0) is 25.2 Å². The number of hydrogen-bond acceptors (Lipinski definition) is 3. The van der Waals surface area contributed by atoms with Gasteiger partial charge in [-0.1, -0.05) is 6.42 Å². The first kappa shape index (κ1) is 11.9. The second-order valence-corrected chi connectivity index (χ2v) is 5.08. The molecule has 0 spiro atoms. The monoisotopic (exact) mass is 226 g/mol. The normalized spacial score (nSPS) is 34.2. The molecule has 3 atom stereocenters. The van der Waals surface area contributed by atoms with Crippen LogP contribution in [0.4, 0.5) is 0 Å². The summed E-state index contributed by atoms with van der Waals surface area (Å²) in [5.74, 6) is 0.634. The molecule has 2 aliphatic rings. The number of nitrogens with two attached hydrogens (primary N) is 1. The quantitative estimate of drug-likeness (QED) is 0.772. The minimum Gasteiger partial charge on any atom is -0.379 e. The number of rotatable bonds is 3. The van der Waals surface area contributed by atoms with Gasteiger partial charge < -0.3 is 15.4 Å². The zero-order chi connectivity index (χ0) is 11.5. The molecule has 2 N–H and O–H groups in total. The van der Waals surface area contributed by atoms with Crippen LogP contribution in [0.1, 0.15) is 32.1 Å². The van der Waals surface area contributed by atoms with E-state index in [2.05, 4.69) is 0 Å². The molecule has 2 fully saturated rings. The summed E-state index contributed by atoms with van der Waals surface area (Å²) in [4.78, 5) is 13.9. The van der Waals surface area contributed by atoms with Gasteiger partial charge in [-0.2, -0.15) is 0 Å². The second-order valence-electron chi connectivity index (χ2n) is 5.08. The van der Waals surface area contributed by atoms with Crippen LogP contribution in [0.3, 0.4) is 0 Å². The van der Waals surface area contributed by atoms with E-state index in [9.17, 15) is 4.79 Å². The van der Waals surface area contributed by atoms with E-state index in [0.29, 0.717) is 18.9 Å². The van der Waals surface area contributed by atoms with Crippen molar-refractivity contribution in [2.45, 2.75) is 44.2 Å². The first-order valence-corrected chi connectivity index (χ1v) is 6.27. The average Bonchev–Trinajstić information content (AvgIpc) is 2.89. The van der Waals surface area contributed by atoms with E-state index in [-0.39, 0.29) is 18.0 Å². The number of hydrogen-bond donors (Lipinski definition) is 1. The lowest BCUT2D eigenvalue weighted by Gasteiger charge is -2.25. The molecule has 92 valence electrons. The predicted molar refractivity (Wildman–Crippen MR) is 61.9 cm³/mol. The number of ether oxygens (including phenoxy) is 1. The number of carbonyl (C=O) groups is 1. The van der Waals surface area contributed by atoms with Crippen molar-refractivity contribution >= 4 is 5.91 Å². The molecule has 1 aliphatic carbocycles. The fourth-order valence-corrected chi connectivity index (χ4v) is 2.72. The van der Waals surface area contributed by atoms with Crippen LogP contribution in [-0.2, 0) is 9.53 Å². The molecule has 4 nitrogen and oxygen atoms in total. The molecular formula is C12H22N2O2. The predicted octanol–water partition coefficient (Wildman–Crippen LogP) is 0.751. The molecule has 0 bridgehead atoms. The van der Waals surface area contributed by atoms with Crippen LogP contribution in [0.2, 0.25) is 0 Å². The molecule has 1 amide bonds. The van der Waals surface area contributed by atoms with Crippen LogP contribution in [-0.4, -0.2) is 43.2 Å². The third-order valence-corrected chi connectivity index (χ3v) is 4.00. The van der Waals surface area contributed by atoms with E-state index >= 15 is 0 Å². The highest BCUT2D eigenvalue weighted by Crippen LogP contribution is 2.27. The van der Waals surface area contributed by atoms with E-state index in [1.165, 1.54) is 6.42 Å². The van der Waals surface area contributed by atoms with Crippen molar-refractivity contribution in [3.63, 3.8) is 0 Å². The molecule has 1 saturated heterocycles. The minimum atomic E-state index is 0.233. The summed E-state index contributed by atoms with van der Waals surface area (Å²) in [5.41, 5.74) is 5.99. The highest BCUT2D eigenvalue weighted by Gasteiger charge is 2.30. The van der Waals surface area contributed by atoms with E-state index in [4.69, 9.17) is 10.5 Å². The minimum absolute atomic E-state index is 0.233. The van der Waals surface area contributed by atoms with Crippen molar-refractivity contribution in [1.82, 2.24) is 4.90 Å². The van der Waals surface area contributed by atoms with Crippen molar-refractivity contribution in [2.24, 2.45) is 11.7 Å². The maximum absolute atomic E-state index is 12.0. The Morgan fingerprint density at radius 2 is 2.25 bits per heavy atom. The van der Waals surface area contributed by atoms with Crippen LogP contribution < -0.4 is 5.73 Å². The van der Waals surface area contributed by atoms with Crippen molar-refractivity contribution in [3.8, 4) is 0 Å². The highest BCUT2D eigenvalue weighted by molar-refractivity contribution is 5.76. The standard InChI is InChI=1S/C12H22N2O2/c1-14(10-5-6-16-8-10)12(15)7-9-3-2-4-11(9)13/h9-11H,2-8,13H2,1H3/t9-,10?,11+/m0/s1. The van der Waals surface area contributed by atoms with Crippen LogP contribution in [0.25, 0.3) is 0 Å². The number of carbonyl (C=O) groups excluding carboxylic acids is 1. The Morgan fingerprint density at radius 1 is 1.44 bits per heavy atom. The summed E-state index contributed by atoms with van der Waals surface area (Å²) in [7, 11) is 1.89. The van der Waals surface area contributed by atoms with E-state index in [0.717, 1.165) is 25.9 Å². The maximum Gasteiger partial charge on any atom is 0.222 e. The summed E-state index contributed by atoms with van der Waals surface area (Å²) in [6.45, 7) is 1.48. The highest BCUT2D eigenvalue weighted by atomic mass is 16.5. The van der Waals surface area contributed by atoms with Crippen molar-refractivity contribution in [3.05, 3.63) is 0 Å². The van der Waals surface area contributed by atoms with Crippen molar-refractivity contribution < 1.29 is 9.53 Å². The van der Waals surface area contributed by atoms with Crippen molar-refractivity contribution in [2.75, 3.05) is 20.3 Å². The Morgan fingerprint density at radius 3 is 2.81 bits per heavy atom. The van der Waals surface area contributed by atoms with Crippen LogP contribution in [0, 0.1) is 5.92 Å². The molecule has 4 heteroatoms. The van der Waals surface area contributed by atoms with E-state index in [1.807, 2.05) is 11.9 Å². The Labute approximate surface area is 97.1 Å². The van der Waals surface area contributed by atoms with Crippen molar-refractivity contribution in [1.29, 1.82) is 0 Å². The lowest BCUT2D eigenvalue weighted by Crippen LogP contribution is -2.39. The zero-order valence-corrected chi connectivity index (χ0v) is 10.0. The third-order valence-electron chi connectivity index (χ3n) is 4.00. The average molecular weight is 226 g/mol. The van der Waals surface area contributed by atoms with Crippen LogP contribution in [0.5, 0.6) is 0 Å². The summed E-state index contributed by atoms with van der Waals surface area (Å²) in [5, 5.41) is 0. The largest absolute Gasteiger partial charge is 0.379 e. The number of likely N-dealkylation sites (N-methyl/N-ethyl adjacent to an activating group) is 1. The van der Waals surface area contributed by atoms with Gasteiger partial charge in [0.05, 0.1) is 12.6 Å². The van der Waals surface area contributed by atoms with Gasteiger partial charge in [0.1, 0.15) is 0 Å². The molecule has 1 unspecified atom stereocenters. The third kappa shape index (κ3) is 2.55. The lowest BCUT2D eigenvalue weighted by molar-refractivity contribution is -0.133. The van der Waals surface area contributed by atoms with Gasteiger partial charge in [0.2, 0.25) is 5.91 Å². The van der Waals surface area contributed by atoms with Gasteiger partial charge in [-0.3, -0.25) is 4.79 Å². The SMILES string of the molecule is CN(C(=O)C[C@@H]1CCC[C@H]1N)C1CCOC1. The molecule has 0 aromatic heterocycles. The molecule has 0 aromatic rings. The van der Waals surface area contributed by atoms with E-state index in [1.54, 1.807) is 0 Å². The zero-order valence-electron chi connectivity index (χ0n) is 10.0. The van der Waals surface area contributed by atoms with Gasteiger partial charge in [0, 0.05) is 26.1 Å². The molecule has 16 heavy (non-hydrogen) atoms. The molecule has 2 rings (SSSR count). The van der Waals surface area contributed by atoms with Gasteiger partial charge in [-0.15, -0.1) is 0 Å². The second kappa shape index (κ2) is 5.15. The first-order valence-electron chi connectivity index (χ1n) is 6.27. The molecule has 1 heterocycles. The fraction of sp³-hybridized carbons (Fsp3) is 0.917. The summed E-state index contributed by atoms with van der Waals surface area (Å²) >= 11 is 0. The van der Waals surface area contributed by atoms with Crippen LogP contribution in [0.15, 0.2) is 0 Å². The van der Waals surface area contributed by atoms with Crippen LogP contribution >= 0.6 is 0 Å². The van der Waals surface area contributed by atoms with Gasteiger partial charge in [0.25, 0.3) is 0 Å². The topological polar surface area (TPSA) is 55.6 Å². The Kier molecular flexibility index (Phi) is 3.82. The maximum atomic E-state index is 12.0. The fourth-order valence-electron chi connectivity index (χ4n) is 2.72. The molecule has 0 radical (unpaired) electrons. The van der Waals surface area contributed by atoms with Gasteiger partial charge in [-0.25, -0.2) is 0 Å². The molecular weight excluding hydrogens is 204 g/mol. The van der Waals surface area contributed by atoms with Gasteiger partial charge >= 0.3 is 0 Å². The molecule has 1 aliphatic heterocycles. The molecule has 0 aromatic carbocycles. The smallest absolute Gasteiger partial charge is 0.222 e. The Bertz CT molecular complexity index is 251. The van der Waals surface area contributed by atoms with Gasteiger partial charge in [0.15, 0.2) is 0 Å². The Hall–Kier alpha value is -0.610. The van der Waals surface area contributed by atoms with E-state index < -0.39 is 0 Å². The number of nitrogens with zero attached hydrogens (tertiary/aromatic N) is 1. The Balaban J connectivity index is 1.82. The number of amides is 1.